The molecule has 2 heterocycles. The van der Waals surface area contributed by atoms with E-state index in [1.165, 1.54) is 48.8 Å². The highest BCUT2D eigenvalue weighted by Gasteiger charge is 2.40. The molecule has 0 aliphatic rings. The lowest BCUT2D eigenvalue weighted by Gasteiger charge is -2.11. The van der Waals surface area contributed by atoms with Crippen molar-refractivity contribution in [1.82, 2.24) is 14.8 Å². The Hall–Kier alpha value is -3.23. The van der Waals surface area contributed by atoms with Gasteiger partial charge in [0, 0.05) is 23.5 Å². The predicted octanol–water partition coefficient (Wildman–Crippen LogP) is 2.80. The predicted molar refractivity (Wildman–Crippen MR) is 92.9 cm³/mol. The second-order valence-corrected chi connectivity index (χ2v) is 7.25. The van der Waals surface area contributed by atoms with E-state index in [1.807, 2.05) is 0 Å². The first-order valence-electron chi connectivity index (χ1n) is 7.71. The smallest absolute Gasteiger partial charge is 0.265 e. The molecule has 28 heavy (non-hydrogen) atoms. The Balaban J connectivity index is 2.31. The van der Waals surface area contributed by atoms with Crippen molar-refractivity contribution in [2.45, 2.75) is 17.6 Å². The Morgan fingerprint density at radius 2 is 1.68 bits per heavy atom. The molecule has 144 valence electrons. The van der Waals surface area contributed by atoms with Crippen molar-refractivity contribution in [3.63, 3.8) is 0 Å². The van der Waals surface area contributed by atoms with Gasteiger partial charge in [0.05, 0.1) is 11.0 Å². The van der Waals surface area contributed by atoms with E-state index in [9.17, 15) is 21.6 Å². The van der Waals surface area contributed by atoms with E-state index in [2.05, 4.69) is 10.1 Å². The minimum absolute atomic E-state index is 0.0465. The van der Waals surface area contributed by atoms with Crippen molar-refractivity contribution in [3.8, 4) is 28.5 Å². The molecule has 0 saturated carbocycles. The third-order valence-electron chi connectivity index (χ3n) is 3.87. The SMILES string of the molecule is N#CCn1nc(-c2ccc(S(N)(=O)=O)cc2)c(-c2ccncc2)c1C(F)(F)F. The van der Waals surface area contributed by atoms with Crippen LogP contribution in [0.5, 0.6) is 0 Å². The largest absolute Gasteiger partial charge is 0.433 e. The van der Waals surface area contributed by atoms with Crippen LogP contribution in [-0.4, -0.2) is 23.2 Å². The highest BCUT2D eigenvalue weighted by Crippen LogP contribution is 2.42. The Bertz CT molecular complexity index is 1150. The second kappa shape index (κ2) is 7.06. The molecule has 1 aromatic carbocycles. The molecule has 0 atom stereocenters. The van der Waals surface area contributed by atoms with Gasteiger partial charge in [0.1, 0.15) is 12.2 Å². The van der Waals surface area contributed by atoms with Crippen molar-refractivity contribution in [2.24, 2.45) is 5.14 Å². The first kappa shape index (κ1) is 19.5. The molecular formula is C17H12F3N5O2S. The molecule has 11 heteroatoms. The van der Waals surface area contributed by atoms with E-state index in [-0.39, 0.29) is 27.3 Å². The Morgan fingerprint density at radius 3 is 2.18 bits per heavy atom. The lowest BCUT2D eigenvalue weighted by molar-refractivity contribution is -0.143. The number of rotatable bonds is 4. The van der Waals surface area contributed by atoms with Crippen LogP contribution in [0.2, 0.25) is 0 Å². The third kappa shape index (κ3) is 3.73. The van der Waals surface area contributed by atoms with Gasteiger partial charge in [-0.2, -0.15) is 23.5 Å². The van der Waals surface area contributed by atoms with Crippen molar-refractivity contribution < 1.29 is 21.6 Å². The highest BCUT2D eigenvalue weighted by molar-refractivity contribution is 7.89. The molecule has 3 rings (SSSR count). The molecule has 7 nitrogen and oxygen atoms in total. The van der Waals surface area contributed by atoms with Crippen molar-refractivity contribution in [1.29, 1.82) is 5.26 Å². The number of pyridine rings is 1. The normalized spacial score (nSPS) is 12.0. The molecule has 0 radical (unpaired) electrons. The van der Waals surface area contributed by atoms with E-state index in [0.29, 0.717) is 4.68 Å². The summed E-state index contributed by atoms with van der Waals surface area (Å²) in [4.78, 5) is 3.62. The van der Waals surface area contributed by atoms with E-state index in [0.717, 1.165) is 0 Å². The Labute approximate surface area is 157 Å². The lowest BCUT2D eigenvalue weighted by atomic mass is 9.99. The fourth-order valence-electron chi connectivity index (χ4n) is 2.73. The molecule has 2 aromatic heterocycles. The van der Waals surface area contributed by atoms with Crippen LogP contribution in [0.4, 0.5) is 13.2 Å². The molecule has 0 spiro atoms. The van der Waals surface area contributed by atoms with Gasteiger partial charge in [0.2, 0.25) is 10.0 Å². The average molecular weight is 407 g/mol. The number of nitriles is 1. The van der Waals surface area contributed by atoms with Gasteiger partial charge in [-0.05, 0) is 29.8 Å². The van der Waals surface area contributed by atoms with E-state index < -0.39 is 28.4 Å². The number of halogens is 3. The minimum Gasteiger partial charge on any atom is -0.265 e. The average Bonchev–Trinajstić information content (AvgIpc) is 3.02. The van der Waals surface area contributed by atoms with Crippen LogP contribution in [0, 0.1) is 11.3 Å². The monoisotopic (exact) mass is 407 g/mol. The Morgan fingerprint density at radius 1 is 1.07 bits per heavy atom. The number of nitrogens with zero attached hydrogens (tertiary/aromatic N) is 4. The van der Waals surface area contributed by atoms with Gasteiger partial charge >= 0.3 is 6.18 Å². The van der Waals surface area contributed by atoms with Crippen LogP contribution < -0.4 is 5.14 Å². The van der Waals surface area contributed by atoms with Gasteiger partial charge in [0.15, 0.2) is 5.69 Å². The maximum Gasteiger partial charge on any atom is 0.433 e. The van der Waals surface area contributed by atoms with Crippen molar-refractivity contribution in [2.75, 3.05) is 0 Å². The molecule has 0 bridgehead atoms. The molecule has 0 aliphatic heterocycles. The molecule has 0 saturated heterocycles. The van der Waals surface area contributed by atoms with Gasteiger partial charge in [-0.25, -0.2) is 18.2 Å². The van der Waals surface area contributed by atoms with Crippen molar-refractivity contribution in [3.05, 3.63) is 54.5 Å². The highest BCUT2D eigenvalue weighted by atomic mass is 32.2. The minimum atomic E-state index is -4.78. The number of hydrogen-bond acceptors (Lipinski definition) is 5. The summed E-state index contributed by atoms with van der Waals surface area (Å²) in [5.74, 6) is 0. The molecule has 3 aromatic rings. The maximum absolute atomic E-state index is 13.8. The number of aromatic nitrogens is 3. The summed E-state index contributed by atoms with van der Waals surface area (Å²) in [5, 5.41) is 17.9. The molecule has 0 amide bonds. The van der Waals surface area contributed by atoms with Crippen LogP contribution >= 0.6 is 0 Å². The first-order valence-corrected chi connectivity index (χ1v) is 9.26. The number of alkyl halides is 3. The van der Waals surface area contributed by atoms with Crippen LogP contribution in [0.1, 0.15) is 5.69 Å². The molecule has 0 fully saturated rings. The van der Waals surface area contributed by atoms with Crippen LogP contribution in [-0.2, 0) is 22.7 Å². The summed E-state index contributed by atoms with van der Waals surface area (Å²) in [5.41, 5.74) is -0.910. The number of nitrogens with two attached hydrogens (primary N) is 1. The zero-order valence-electron chi connectivity index (χ0n) is 14.1. The van der Waals surface area contributed by atoms with E-state index in [4.69, 9.17) is 10.4 Å². The lowest BCUT2D eigenvalue weighted by Crippen LogP contribution is -2.15. The molecule has 2 N–H and O–H groups in total. The summed E-state index contributed by atoms with van der Waals surface area (Å²) in [6.45, 7) is -0.609. The topological polar surface area (TPSA) is 115 Å². The summed E-state index contributed by atoms with van der Waals surface area (Å²) < 4.78 is 64.8. The summed E-state index contributed by atoms with van der Waals surface area (Å²) in [7, 11) is -3.96. The summed E-state index contributed by atoms with van der Waals surface area (Å²) in [6.07, 6.45) is -2.10. The van der Waals surface area contributed by atoms with Gasteiger partial charge in [0.25, 0.3) is 0 Å². The number of primary sulfonamides is 1. The van der Waals surface area contributed by atoms with Gasteiger partial charge in [-0.1, -0.05) is 12.1 Å². The standard InChI is InChI=1S/C17H12F3N5O2S/c18-17(19,20)16-14(11-5-8-23-9-6-11)15(24-25(16)10-7-21)12-1-3-13(4-2-12)28(22,26)27/h1-6,8-9H,10H2,(H2,22,26,27). The number of hydrogen-bond donors (Lipinski definition) is 1. The van der Waals surface area contributed by atoms with Crippen LogP contribution in [0.15, 0.2) is 53.7 Å². The summed E-state index contributed by atoms with van der Waals surface area (Å²) >= 11 is 0. The molecule has 0 aliphatic carbocycles. The molecule has 0 unspecified atom stereocenters. The maximum atomic E-state index is 13.8. The van der Waals surface area contributed by atoms with E-state index in [1.54, 1.807) is 6.07 Å². The van der Waals surface area contributed by atoms with Gasteiger partial charge in [-0.15, -0.1) is 0 Å². The number of sulfonamides is 1. The fourth-order valence-corrected chi connectivity index (χ4v) is 3.24. The Kier molecular flexibility index (Phi) is 4.93. The fraction of sp³-hybridized carbons (Fsp3) is 0.118. The van der Waals surface area contributed by atoms with Crippen LogP contribution in [0.3, 0.4) is 0 Å². The second-order valence-electron chi connectivity index (χ2n) is 5.69. The quantitative estimate of drug-likeness (QED) is 0.714. The molecular weight excluding hydrogens is 395 g/mol. The van der Waals surface area contributed by atoms with Crippen molar-refractivity contribution >= 4 is 10.0 Å². The third-order valence-corrected chi connectivity index (χ3v) is 4.80. The first-order chi connectivity index (χ1) is 13.1. The number of benzene rings is 1. The van der Waals surface area contributed by atoms with Crippen LogP contribution in [0.25, 0.3) is 22.4 Å². The zero-order valence-corrected chi connectivity index (χ0v) is 14.9. The van der Waals surface area contributed by atoms with E-state index >= 15 is 0 Å². The van der Waals surface area contributed by atoms with Gasteiger partial charge < -0.3 is 0 Å². The van der Waals surface area contributed by atoms with Gasteiger partial charge in [-0.3, -0.25) is 4.98 Å². The zero-order chi connectivity index (χ0) is 20.5. The summed E-state index contributed by atoms with van der Waals surface area (Å²) in [6, 6.07) is 9.42.